The number of hydrogen-bond acceptors (Lipinski definition) is 3. The summed E-state index contributed by atoms with van der Waals surface area (Å²) in [5.74, 6) is -0.466. The van der Waals surface area contributed by atoms with Crippen LogP contribution in [-0.4, -0.2) is 38.1 Å². The third-order valence-corrected chi connectivity index (χ3v) is 2.14. The van der Waals surface area contributed by atoms with Crippen molar-refractivity contribution in [3.05, 3.63) is 0 Å². The van der Waals surface area contributed by atoms with Gasteiger partial charge in [-0.3, -0.25) is 9.59 Å². The Bertz CT molecular complexity index is 219. The highest BCUT2D eigenvalue weighted by atomic mass is 16.5. The summed E-state index contributed by atoms with van der Waals surface area (Å²) >= 11 is 0. The minimum absolute atomic E-state index is 0.0189. The van der Waals surface area contributed by atoms with Crippen molar-refractivity contribution in [1.29, 1.82) is 0 Å². The van der Waals surface area contributed by atoms with Crippen LogP contribution in [0.2, 0.25) is 0 Å². The molecule has 0 aliphatic heterocycles. The molecule has 2 amide bonds. The Morgan fingerprint density at radius 1 is 1.31 bits per heavy atom. The monoisotopic (exact) mass is 230 g/mol. The van der Waals surface area contributed by atoms with Gasteiger partial charge in [-0.2, -0.15) is 0 Å². The highest BCUT2D eigenvalue weighted by Gasteiger charge is 2.13. The molecule has 0 aromatic carbocycles. The van der Waals surface area contributed by atoms with E-state index in [1.807, 2.05) is 0 Å². The standard InChI is InChI=1S/C11H22N2O3/c1-4-5-6-7-16-8-10(14)13-9(2)11(15)12-3/h9H,4-8H2,1-3H3,(H,12,15)(H,13,14)/t9-/m0/s1. The van der Waals surface area contributed by atoms with Gasteiger partial charge in [0.1, 0.15) is 12.6 Å². The molecule has 16 heavy (non-hydrogen) atoms. The van der Waals surface area contributed by atoms with E-state index in [9.17, 15) is 9.59 Å². The van der Waals surface area contributed by atoms with Crippen LogP contribution in [0.1, 0.15) is 33.1 Å². The maximum absolute atomic E-state index is 11.3. The van der Waals surface area contributed by atoms with Crippen LogP contribution in [0.4, 0.5) is 0 Å². The first-order chi connectivity index (χ1) is 7.61. The zero-order valence-corrected chi connectivity index (χ0v) is 10.3. The lowest BCUT2D eigenvalue weighted by Gasteiger charge is -2.12. The number of unbranched alkanes of at least 4 members (excludes halogenated alkanes) is 2. The summed E-state index contributed by atoms with van der Waals surface area (Å²) in [6, 6.07) is -0.517. The normalized spacial score (nSPS) is 11.9. The van der Waals surface area contributed by atoms with Crippen molar-refractivity contribution in [2.24, 2.45) is 0 Å². The second kappa shape index (κ2) is 9.15. The molecule has 2 N–H and O–H groups in total. The maximum atomic E-state index is 11.3. The number of carbonyl (C=O) groups excluding carboxylic acids is 2. The summed E-state index contributed by atoms with van der Waals surface area (Å²) in [5, 5.41) is 5.01. The fourth-order valence-electron chi connectivity index (χ4n) is 1.18. The number of hydrogen-bond donors (Lipinski definition) is 2. The molecule has 1 atom stereocenters. The molecule has 0 aliphatic carbocycles. The zero-order valence-electron chi connectivity index (χ0n) is 10.3. The second-order valence-corrected chi connectivity index (χ2v) is 3.66. The highest BCUT2D eigenvalue weighted by molar-refractivity contribution is 5.87. The zero-order chi connectivity index (χ0) is 12.4. The number of ether oxygens (including phenoxy) is 1. The summed E-state index contributed by atoms with van der Waals surface area (Å²) < 4.78 is 5.17. The first-order valence-electron chi connectivity index (χ1n) is 5.70. The smallest absolute Gasteiger partial charge is 0.246 e. The molecule has 0 fully saturated rings. The molecular formula is C11H22N2O3. The van der Waals surface area contributed by atoms with Gasteiger partial charge in [-0.1, -0.05) is 19.8 Å². The molecule has 0 bridgehead atoms. The largest absolute Gasteiger partial charge is 0.372 e. The Labute approximate surface area is 96.9 Å². The van der Waals surface area contributed by atoms with Crippen molar-refractivity contribution < 1.29 is 14.3 Å². The lowest BCUT2D eigenvalue weighted by atomic mass is 10.3. The van der Waals surface area contributed by atoms with Gasteiger partial charge in [0.15, 0.2) is 0 Å². The van der Waals surface area contributed by atoms with E-state index >= 15 is 0 Å². The minimum Gasteiger partial charge on any atom is -0.372 e. The van der Waals surface area contributed by atoms with Gasteiger partial charge in [0.25, 0.3) is 0 Å². The van der Waals surface area contributed by atoms with Gasteiger partial charge in [-0.25, -0.2) is 0 Å². The summed E-state index contributed by atoms with van der Waals surface area (Å²) in [4.78, 5) is 22.4. The first-order valence-corrected chi connectivity index (χ1v) is 5.70. The van der Waals surface area contributed by atoms with E-state index in [-0.39, 0.29) is 18.4 Å². The SMILES string of the molecule is CCCCCOCC(=O)N[C@@H](C)C(=O)NC. The van der Waals surface area contributed by atoms with Crippen LogP contribution >= 0.6 is 0 Å². The van der Waals surface area contributed by atoms with Crippen LogP contribution in [0.15, 0.2) is 0 Å². The Hall–Kier alpha value is -1.10. The Balaban J connectivity index is 3.54. The van der Waals surface area contributed by atoms with E-state index in [2.05, 4.69) is 17.6 Å². The molecule has 0 aromatic rings. The Morgan fingerprint density at radius 3 is 2.56 bits per heavy atom. The first kappa shape index (κ1) is 14.9. The molecule has 0 aromatic heterocycles. The molecule has 5 heteroatoms. The average molecular weight is 230 g/mol. The molecule has 0 rings (SSSR count). The summed E-state index contributed by atoms with van der Waals surface area (Å²) in [6.07, 6.45) is 3.20. The Kier molecular flexibility index (Phi) is 8.52. The van der Waals surface area contributed by atoms with Crippen molar-refractivity contribution in [1.82, 2.24) is 10.6 Å². The third kappa shape index (κ3) is 7.23. The van der Waals surface area contributed by atoms with Gasteiger partial charge in [-0.05, 0) is 13.3 Å². The molecule has 0 saturated carbocycles. The molecule has 0 radical (unpaired) electrons. The van der Waals surface area contributed by atoms with Gasteiger partial charge in [0.05, 0.1) is 0 Å². The minimum atomic E-state index is -0.517. The fraction of sp³-hybridized carbons (Fsp3) is 0.818. The Morgan fingerprint density at radius 2 is 2.00 bits per heavy atom. The third-order valence-electron chi connectivity index (χ3n) is 2.14. The van der Waals surface area contributed by atoms with Crippen LogP contribution in [-0.2, 0) is 14.3 Å². The van der Waals surface area contributed by atoms with Crippen LogP contribution < -0.4 is 10.6 Å². The summed E-state index contributed by atoms with van der Waals surface area (Å²) in [6.45, 7) is 4.35. The van der Waals surface area contributed by atoms with Crippen molar-refractivity contribution >= 4 is 11.8 Å². The van der Waals surface area contributed by atoms with E-state index in [0.29, 0.717) is 6.61 Å². The second-order valence-electron chi connectivity index (χ2n) is 3.66. The topological polar surface area (TPSA) is 67.4 Å². The molecule has 5 nitrogen and oxygen atoms in total. The average Bonchev–Trinajstić information content (AvgIpc) is 2.27. The molecule has 0 heterocycles. The van der Waals surface area contributed by atoms with Gasteiger partial charge < -0.3 is 15.4 Å². The van der Waals surface area contributed by atoms with Gasteiger partial charge in [-0.15, -0.1) is 0 Å². The van der Waals surface area contributed by atoms with Crippen LogP contribution in [0.5, 0.6) is 0 Å². The predicted octanol–water partition coefficient (Wildman–Crippen LogP) is 0.444. The lowest BCUT2D eigenvalue weighted by molar-refractivity contribution is -0.131. The van der Waals surface area contributed by atoms with Crippen LogP contribution in [0, 0.1) is 0 Å². The van der Waals surface area contributed by atoms with E-state index < -0.39 is 6.04 Å². The molecule has 0 aliphatic rings. The van der Waals surface area contributed by atoms with Gasteiger partial charge in [0.2, 0.25) is 11.8 Å². The fourth-order valence-corrected chi connectivity index (χ4v) is 1.18. The highest BCUT2D eigenvalue weighted by Crippen LogP contribution is 1.93. The molecule has 0 saturated heterocycles. The van der Waals surface area contributed by atoms with Crippen molar-refractivity contribution in [3.63, 3.8) is 0 Å². The van der Waals surface area contributed by atoms with Crippen LogP contribution in [0.3, 0.4) is 0 Å². The predicted molar refractivity (Wildman–Crippen MR) is 62.0 cm³/mol. The number of nitrogens with one attached hydrogen (secondary N) is 2. The number of rotatable bonds is 8. The van der Waals surface area contributed by atoms with Gasteiger partial charge >= 0.3 is 0 Å². The van der Waals surface area contributed by atoms with Crippen molar-refractivity contribution in [2.75, 3.05) is 20.3 Å². The number of amides is 2. The quantitative estimate of drug-likeness (QED) is 0.595. The van der Waals surface area contributed by atoms with E-state index in [1.165, 1.54) is 7.05 Å². The molecular weight excluding hydrogens is 208 g/mol. The maximum Gasteiger partial charge on any atom is 0.246 e. The van der Waals surface area contributed by atoms with E-state index in [0.717, 1.165) is 19.3 Å². The lowest BCUT2D eigenvalue weighted by Crippen LogP contribution is -2.44. The van der Waals surface area contributed by atoms with Crippen molar-refractivity contribution in [2.45, 2.75) is 39.2 Å². The van der Waals surface area contributed by atoms with E-state index in [4.69, 9.17) is 4.74 Å². The number of likely N-dealkylation sites (N-methyl/N-ethyl adjacent to an activating group) is 1. The summed E-state index contributed by atoms with van der Waals surface area (Å²) in [7, 11) is 1.53. The molecule has 0 spiro atoms. The number of carbonyl (C=O) groups is 2. The van der Waals surface area contributed by atoms with Crippen LogP contribution in [0.25, 0.3) is 0 Å². The molecule has 0 unspecified atom stereocenters. The van der Waals surface area contributed by atoms with Crippen molar-refractivity contribution in [3.8, 4) is 0 Å². The molecule has 94 valence electrons. The van der Waals surface area contributed by atoms with E-state index in [1.54, 1.807) is 6.92 Å². The summed E-state index contributed by atoms with van der Waals surface area (Å²) in [5.41, 5.74) is 0. The van der Waals surface area contributed by atoms with Gasteiger partial charge in [0, 0.05) is 13.7 Å².